The average Bonchev–Trinajstić information content (AvgIpc) is 2.37. The second-order valence-corrected chi connectivity index (χ2v) is 4.68. The summed E-state index contributed by atoms with van der Waals surface area (Å²) < 4.78 is 28.0. The van der Waals surface area contributed by atoms with Crippen LogP contribution in [0.5, 0.6) is 0 Å². The number of hydrazine groups is 1. The number of rotatable bonds is 3. The van der Waals surface area contributed by atoms with Gasteiger partial charge in [0.2, 0.25) is 0 Å². The van der Waals surface area contributed by atoms with Crippen LogP contribution in [0.3, 0.4) is 0 Å². The zero-order valence-corrected chi connectivity index (χ0v) is 11.0. The molecule has 1 atom stereocenters. The first-order valence-electron chi connectivity index (χ1n) is 5.70. The molecule has 0 saturated carbocycles. The summed E-state index contributed by atoms with van der Waals surface area (Å²) in [5.41, 5.74) is 3.46. The van der Waals surface area contributed by atoms with Gasteiger partial charge >= 0.3 is 0 Å². The first kappa shape index (κ1) is 13.9. The van der Waals surface area contributed by atoms with E-state index in [0.717, 1.165) is 0 Å². The molecule has 0 bridgehead atoms. The quantitative estimate of drug-likeness (QED) is 0.668. The smallest absolute Gasteiger partial charge is 0.131 e. The average molecular weight is 283 g/mol. The minimum absolute atomic E-state index is 0.247. The lowest BCUT2D eigenvalue weighted by molar-refractivity contribution is 0.528. The van der Waals surface area contributed by atoms with Gasteiger partial charge in [-0.05, 0) is 24.6 Å². The van der Waals surface area contributed by atoms with Crippen LogP contribution in [0.4, 0.5) is 8.78 Å². The molecular weight excluding hydrogens is 270 g/mol. The predicted octanol–water partition coefficient (Wildman–Crippen LogP) is 3.48. The highest BCUT2D eigenvalue weighted by Gasteiger charge is 2.20. The number of benzene rings is 2. The Balaban J connectivity index is 2.53. The maximum atomic E-state index is 14.1. The van der Waals surface area contributed by atoms with Crippen LogP contribution in [-0.4, -0.2) is 0 Å². The molecule has 0 aliphatic carbocycles. The third-order valence-corrected chi connectivity index (χ3v) is 3.21. The standard InChI is InChI=1S/C14H13ClF2N2/c1-8-3-2-4-11(13(8)17)14(19-18)10-6-5-9(15)7-12(10)16/h2-7,14,19H,18H2,1H3. The second-order valence-electron chi connectivity index (χ2n) is 4.24. The van der Waals surface area contributed by atoms with E-state index in [-0.39, 0.29) is 10.6 Å². The van der Waals surface area contributed by atoms with E-state index in [4.69, 9.17) is 17.4 Å². The highest BCUT2D eigenvalue weighted by atomic mass is 35.5. The van der Waals surface area contributed by atoms with Gasteiger partial charge in [0, 0.05) is 16.1 Å². The minimum Gasteiger partial charge on any atom is -0.271 e. The van der Waals surface area contributed by atoms with Gasteiger partial charge in [0.15, 0.2) is 0 Å². The Morgan fingerprint density at radius 3 is 2.53 bits per heavy atom. The molecule has 3 N–H and O–H groups in total. The first-order chi connectivity index (χ1) is 9.04. The van der Waals surface area contributed by atoms with E-state index in [9.17, 15) is 8.78 Å². The fourth-order valence-electron chi connectivity index (χ4n) is 1.98. The third kappa shape index (κ3) is 2.76. The topological polar surface area (TPSA) is 38.0 Å². The van der Waals surface area contributed by atoms with Gasteiger partial charge in [-0.3, -0.25) is 5.84 Å². The Morgan fingerprint density at radius 1 is 1.16 bits per heavy atom. The van der Waals surface area contributed by atoms with Gasteiger partial charge in [0.25, 0.3) is 0 Å². The molecule has 2 rings (SSSR count). The molecule has 5 heteroatoms. The summed E-state index contributed by atoms with van der Waals surface area (Å²) in [4.78, 5) is 0. The Labute approximate surface area is 115 Å². The highest BCUT2D eigenvalue weighted by molar-refractivity contribution is 6.30. The SMILES string of the molecule is Cc1cccc(C(NN)c2ccc(Cl)cc2F)c1F. The molecule has 0 amide bonds. The van der Waals surface area contributed by atoms with Crippen LogP contribution in [0.25, 0.3) is 0 Å². The van der Waals surface area contributed by atoms with Crippen LogP contribution in [0, 0.1) is 18.6 Å². The number of hydrogen-bond donors (Lipinski definition) is 2. The van der Waals surface area contributed by atoms with Crippen LogP contribution in [0.15, 0.2) is 36.4 Å². The fraction of sp³-hybridized carbons (Fsp3) is 0.143. The van der Waals surface area contributed by atoms with Crippen molar-refractivity contribution < 1.29 is 8.78 Å². The number of hydrogen-bond acceptors (Lipinski definition) is 2. The van der Waals surface area contributed by atoms with Gasteiger partial charge < -0.3 is 0 Å². The molecular formula is C14H13ClF2N2. The van der Waals surface area contributed by atoms with E-state index < -0.39 is 17.7 Å². The van der Waals surface area contributed by atoms with Crippen molar-refractivity contribution in [2.45, 2.75) is 13.0 Å². The molecule has 2 aromatic rings. The molecule has 0 aliphatic rings. The van der Waals surface area contributed by atoms with E-state index in [0.29, 0.717) is 11.1 Å². The fourth-order valence-corrected chi connectivity index (χ4v) is 2.13. The van der Waals surface area contributed by atoms with Crippen molar-refractivity contribution in [3.8, 4) is 0 Å². The number of aryl methyl sites for hydroxylation is 1. The first-order valence-corrected chi connectivity index (χ1v) is 6.08. The summed E-state index contributed by atoms with van der Waals surface area (Å²) in [5, 5.41) is 0.279. The zero-order valence-electron chi connectivity index (χ0n) is 10.3. The largest absolute Gasteiger partial charge is 0.271 e. The van der Waals surface area contributed by atoms with Crippen LogP contribution in [0.2, 0.25) is 5.02 Å². The second kappa shape index (κ2) is 5.65. The summed E-state index contributed by atoms with van der Waals surface area (Å²) in [5.74, 6) is 4.51. The van der Waals surface area contributed by atoms with Crippen molar-refractivity contribution in [3.05, 3.63) is 69.7 Å². The molecule has 2 aromatic carbocycles. The Morgan fingerprint density at radius 2 is 1.89 bits per heavy atom. The molecule has 19 heavy (non-hydrogen) atoms. The molecule has 0 fully saturated rings. The van der Waals surface area contributed by atoms with Gasteiger partial charge in [-0.2, -0.15) is 0 Å². The summed E-state index contributed by atoms with van der Waals surface area (Å²) in [6.07, 6.45) is 0. The third-order valence-electron chi connectivity index (χ3n) is 2.97. The van der Waals surface area contributed by atoms with Crippen LogP contribution in [-0.2, 0) is 0 Å². The molecule has 2 nitrogen and oxygen atoms in total. The Bertz CT molecular complexity index is 602. The van der Waals surface area contributed by atoms with Gasteiger partial charge in [0.05, 0.1) is 6.04 Å². The zero-order chi connectivity index (χ0) is 14.0. The highest BCUT2D eigenvalue weighted by Crippen LogP contribution is 2.28. The van der Waals surface area contributed by atoms with E-state index >= 15 is 0 Å². The van der Waals surface area contributed by atoms with Gasteiger partial charge in [-0.25, -0.2) is 14.2 Å². The lowest BCUT2D eigenvalue weighted by Gasteiger charge is -2.19. The molecule has 1 unspecified atom stereocenters. The Hall–Kier alpha value is -1.49. The molecule has 0 spiro atoms. The Kier molecular flexibility index (Phi) is 4.14. The lowest BCUT2D eigenvalue weighted by atomic mass is 9.97. The van der Waals surface area contributed by atoms with Crippen molar-refractivity contribution in [3.63, 3.8) is 0 Å². The molecule has 0 heterocycles. The summed E-state index contributed by atoms with van der Waals surface area (Å²) >= 11 is 5.70. The summed E-state index contributed by atoms with van der Waals surface area (Å²) in [6.45, 7) is 1.64. The van der Waals surface area contributed by atoms with Crippen molar-refractivity contribution in [1.29, 1.82) is 0 Å². The van der Waals surface area contributed by atoms with E-state index in [1.54, 1.807) is 25.1 Å². The monoisotopic (exact) mass is 282 g/mol. The lowest BCUT2D eigenvalue weighted by Crippen LogP contribution is -2.30. The predicted molar refractivity (Wildman–Crippen MR) is 71.7 cm³/mol. The van der Waals surface area contributed by atoms with Gasteiger partial charge in [-0.1, -0.05) is 35.9 Å². The van der Waals surface area contributed by atoms with Crippen molar-refractivity contribution in [2.24, 2.45) is 5.84 Å². The summed E-state index contributed by atoms with van der Waals surface area (Å²) in [6, 6.07) is 8.35. The van der Waals surface area contributed by atoms with E-state index in [1.807, 2.05) is 0 Å². The van der Waals surface area contributed by atoms with E-state index in [2.05, 4.69) is 5.43 Å². The molecule has 0 aromatic heterocycles. The van der Waals surface area contributed by atoms with Gasteiger partial charge in [-0.15, -0.1) is 0 Å². The van der Waals surface area contributed by atoms with Crippen molar-refractivity contribution >= 4 is 11.6 Å². The van der Waals surface area contributed by atoms with Crippen LogP contribution < -0.4 is 11.3 Å². The molecule has 0 radical (unpaired) electrons. The van der Waals surface area contributed by atoms with Crippen molar-refractivity contribution in [2.75, 3.05) is 0 Å². The molecule has 100 valence electrons. The minimum atomic E-state index is -0.767. The number of halogens is 3. The van der Waals surface area contributed by atoms with Crippen LogP contribution >= 0.6 is 11.6 Å². The van der Waals surface area contributed by atoms with E-state index in [1.165, 1.54) is 18.2 Å². The number of nitrogens with one attached hydrogen (secondary N) is 1. The maximum absolute atomic E-state index is 14.1. The van der Waals surface area contributed by atoms with Gasteiger partial charge in [0.1, 0.15) is 11.6 Å². The van der Waals surface area contributed by atoms with Crippen molar-refractivity contribution in [1.82, 2.24) is 5.43 Å². The summed E-state index contributed by atoms with van der Waals surface area (Å²) in [7, 11) is 0. The molecule has 0 saturated heterocycles. The number of nitrogens with two attached hydrogens (primary N) is 1. The molecule has 0 aliphatic heterocycles. The van der Waals surface area contributed by atoms with Crippen LogP contribution in [0.1, 0.15) is 22.7 Å². The normalized spacial score (nSPS) is 12.5. The maximum Gasteiger partial charge on any atom is 0.131 e.